The minimum absolute atomic E-state index is 0.288. The fourth-order valence-electron chi connectivity index (χ4n) is 2.39. The van der Waals surface area contributed by atoms with Gasteiger partial charge in [-0.05, 0) is 24.5 Å². The monoisotopic (exact) mass is 262 g/mol. The predicted molar refractivity (Wildman–Crippen MR) is 75.9 cm³/mol. The van der Waals surface area contributed by atoms with Gasteiger partial charge in [-0.1, -0.05) is 19.4 Å². The fourth-order valence-corrected chi connectivity index (χ4v) is 2.39. The summed E-state index contributed by atoms with van der Waals surface area (Å²) in [5.41, 5.74) is 6.38. The molecule has 0 spiro atoms. The molecule has 1 aromatic carbocycles. The van der Waals surface area contributed by atoms with Crippen molar-refractivity contribution in [3.8, 4) is 5.75 Å². The van der Waals surface area contributed by atoms with Gasteiger partial charge in [-0.25, -0.2) is 0 Å². The molecule has 1 aliphatic rings. The van der Waals surface area contributed by atoms with E-state index in [9.17, 15) is 4.79 Å². The number of nitrogen functional groups attached to an aromatic ring is 1. The quantitative estimate of drug-likeness (QED) is 0.632. The zero-order valence-electron chi connectivity index (χ0n) is 11.5. The summed E-state index contributed by atoms with van der Waals surface area (Å²) in [6, 6.07) is 7.42. The SMILES string of the molecule is CCC1CC(=O)N(CCCOc2cccc(N)c2)C1. The number of nitrogens with zero attached hydrogens (tertiary/aromatic N) is 1. The second-order valence-electron chi connectivity index (χ2n) is 5.09. The molecule has 1 atom stereocenters. The van der Waals surface area contributed by atoms with Gasteiger partial charge in [0.1, 0.15) is 5.75 Å². The average Bonchev–Trinajstić information content (AvgIpc) is 2.76. The molecule has 1 saturated heterocycles. The van der Waals surface area contributed by atoms with Gasteiger partial charge in [0, 0.05) is 31.3 Å². The number of benzene rings is 1. The van der Waals surface area contributed by atoms with Gasteiger partial charge in [-0.2, -0.15) is 0 Å². The smallest absolute Gasteiger partial charge is 0.222 e. The Labute approximate surface area is 114 Å². The molecule has 4 nitrogen and oxygen atoms in total. The highest BCUT2D eigenvalue weighted by Gasteiger charge is 2.27. The van der Waals surface area contributed by atoms with Crippen LogP contribution < -0.4 is 10.5 Å². The van der Waals surface area contributed by atoms with Crippen molar-refractivity contribution in [2.45, 2.75) is 26.2 Å². The van der Waals surface area contributed by atoms with Crippen LogP contribution in [0, 0.1) is 5.92 Å². The Bertz CT molecular complexity index is 434. The zero-order valence-corrected chi connectivity index (χ0v) is 11.5. The number of nitrogens with two attached hydrogens (primary N) is 1. The number of hydrogen-bond acceptors (Lipinski definition) is 3. The maximum absolute atomic E-state index is 11.7. The van der Waals surface area contributed by atoms with Gasteiger partial charge < -0.3 is 15.4 Å². The van der Waals surface area contributed by atoms with Gasteiger partial charge in [0.15, 0.2) is 0 Å². The molecule has 104 valence electrons. The van der Waals surface area contributed by atoms with E-state index in [2.05, 4.69) is 6.92 Å². The summed E-state index contributed by atoms with van der Waals surface area (Å²) < 4.78 is 5.62. The number of carbonyl (C=O) groups excluding carboxylic acids is 1. The van der Waals surface area contributed by atoms with Crippen LogP contribution >= 0.6 is 0 Å². The number of rotatable bonds is 6. The summed E-state index contributed by atoms with van der Waals surface area (Å²) in [6.45, 7) is 4.46. The van der Waals surface area contributed by atoms with Crippen molar-refractivity contribution in [1.82, 2.24) is 4.90 Å². The molecule has 4 heteroatoms. The molecule has 0 aromatic heterocycles. The van der Waals surface area contributed by atoms with Gasteiger partial charge >= 0.3 is 0 Å². The Morgan fingerprint density at radius 3 is 3.00 bits per heavy atom. The first kappa shape index (κ1) is 13.7. The zero-order chi connectivity index (χ0) is 13.7. The Kier molecular flexibility index (Phi) is 4.66. The number of hydrogen-bond donors (Lipinski definition) is 1. The van der Waals surface area contributed by atoms with Gasteiger partial charge in [0.05, 0.1) is 6.61 Å². The summed E-state index contributed by atoms with van der Waals surface area (Å²) in [4.78, 5) is 13.7. The second kappa shape index (κ2) is 6.45. The minimum Gasteiger partial charge on any atom is -0.493 e. The molecule has 1 aliphatic heterocycles. The second-order valence-corrected chi connectivity index (χ2v) is 5.09. The Morgan fingerprint density at radius 2 is 2.32 bits per heavy atom. The van der Waals surface area contributed by atoms with Crippen LogP contribution in [0.4, 0.5) is 5.69 Å². The first-order chi connectivity index (χ1) is 9.19. The molecule has 1 heterocycles. The highest BCUT2D eigenvalue weighted by Crippen LogP contribution is 2.20. The van der Waals surface area contributed by atoms with E-state index in [-0.39, 0.29) is 5.91 Å². The van der Waals surface area contributed by atoms with E-state index in [0.29, 0.717) is 24.6 Å². The van der Waals surface area contributed by atoms with Crippen molar-refractivity contribution < 1.29 is 9.53 Å². The van der Waals surface area contributed by atoms with Crippen LogP contribution in [0.1, 0.15) is 26.2 Å². The molecule has 0 radical (unpaired) electrons. The Balaban J connectivity index is 1.68. The topological polar surface area (TPSA) is 55.6 Å². The molecule has 2 N–H and O–H groups in total. The van der Waals surface area contributed by atoms with Crippen molar-refractivity contribution in [2.75, 3.05) is 25.4 Å². The van der Waals surface area contributed by atoms with Crippen molar-refractivity contribution in [1.29, 1.82) is 0 Å². The minimum atomic E-state index is 0.288. The van der Waals surface area contributed by atoms with Crippen LogP contribution in [0.25, 0.3) is 0 Å². The molecule has 1 amide bonds. The van der Waals surface area contributed by atoms with E-state index in [1.54, 1.807) is 0 Å². The highest BCUT2D eigenvalue weighted by atomic mass is 16.5. The maximum Gasteiger partial charge on any atom is 0.222 e. The molecule has 1 fully saturated rings. The third-order valence-corrected chi connectivity index (χ3v) is 3.57. The number of ether oxygens (including phenoxy) is 1. The van der Waals surface area contributed by atoms with Gasteiger partial charge in [0.2, 0.25) is 5.91 Å². The molecule has 1 aromatic rings. The van der Waals surface area contributed by atoms with Crippen LogP contribution in [0.3, 0.4) is 0 Å². The van der Waals surface area contributed by atoms with Gasteiger partial charge in [-0.3, -0.25) is 4.79 Å². The molecule has 0 bridgehead atoms. The van der Waals surface area contributed by atoms with Gasteiger partial charge in [0.25, 0.3) is 0 Å². The van der Waals surface area contributed by atoms with Crippen molar-refractivity contribution in [3.05, 3.63) is 24.3 Å². The number of likely N-dealkylation sites (tertiary alicyclic amines) is 1. The van der Waals surface area contributed by atoms with E-state index in [1.165, 1.54) is 0 Å². The third kappa shape index (κ3) is 3.88. The lowest BCUT2D eigenvalue weighted by atomic mass is 10.1. The lowest BCUT2D eigenvalue weighted by Crippen LogP contribution is -2.27. The van der Waals surface area contributed by atoms with Crippen LogP contribution in [-0.4, -0.2) is 30.5 Å². The van der Waals surface area contributed by atoms with E-state index >= 15 is 0 Å². The molecule has 2 rings (SSSR count). The number of carbonyl (C=O) groups is 1. The van der Waals surface area contributed by atoms with Crippen LogP contribution in [0.2, 0.25) is 0 Å². The van der Waals surface area contributed by atoms with E-state index in [1.807, 2.05) is 29.2 Å². The summed E-state index contributed by atoms with van der Waals surface area (Å²) in [5, 5.41) is 0. The van der Waals surface area contributed by atoms with Crippen LogP contribution in [0.5, 0.6) is 5.75 Å². The average molecular weight is 262 g/mol. The standard InChI is InChI=1S/C15H22N2O2/c1-2-12-9-15(18)17(11-12)7-4-8-19-14-6-3-5-13(16)10-14/h3,5-6,10,12H,2,4,7-9,11,16H2,1H3. The Morgan fingerprint density at radius 1 is 1.47 bits per heavy atom. The summed E-state index contributed by atoms with van der Waals surface area (Å²) in [7, 11) is 0. The van der Waals surface area contributed by atoms with Crippen molar-refractivity contribution in [2.24, 2.45) is 5.92 Å². The van der Waals surface area contributed by atoms with Crippen LogP contribution in [-0.2, 0) is 4.79 Å². The van der Waals surface area contributed by atoms with E-state index < -0.39 is 0 Å². The van der Waals surface area contributed by atoms with Crippen molar-refractivity contribution in [3.63, 3.8) is 0 Å². The lowest BCUT2D eigenvalue weighted by Gasteiger charge is -2.16. The largest absolute Gasteiger partial charge is 0.493 e. The fraction of sp³-hybridized carbons (Fsp3) is 0.533. The summed E-state index contributed by atoms with van der Waals surface area (Å²) in [5.74, 6) is 1.62. The molecule has 0 aliphatic carbocycles. The molecule has 19 heavy (non-hydrogen) atoms. The lowest BCUT2D eigenvalue weighted by molar-refractivity contribution is -0.127. The third-order valence-electron chi connectivity index (χ3n) is 3.57. The van der Waals surface area contributed by atoms with E-state index in [0.717, 1.165) is 31.7 Å². The van der Waals surface area contributed by atoms with Crippen molar-refractivity contribution >= 4 is 11.6 Å². The highest BCUT2D eigenvalue weighted by molar-refractivity contribution is 5.78. The number of anilines is 1. The normalized spacial score (nSPS) is 18.9. The van der Waals surface area contributed by atoms with Gasteiger partial charge in [-0.15, -0.1) is 0 Å². The molecule has 0 saturated carbocycles. The van der Waals surface area contributed by atoms with E-state index in [4.69, 9.17) is 10.5 Å². The maximum atomic E-state index is 11.7. The first-order valence-electron chi connectivity index (χ1n) is 6.95. The molecule has 1 unspecified atom stereocenters. The number of amides is 1. The summed E-state index contributed by atoms with van der Waals surface area (Å²) in [6.07, 6.45) is 2.66. The summed E-state index contributed by atoms with van der Waals surface area (Å²) >= 11 is 0. The first-order valence-corrected chi connectivity index (χ1v) is 6.95. The van der Waals surface area contributed by atoms with Crippen LogP contribution in [0.15, 0.2) is 24.3 Å². The predicted octanol–water partition coefficient (Wildman–Crippen LogP) is 2.30. The Hall–Kier alpha value is -1.71. The molecular formula is C15H22N2O2. The molecular weight excluding hydrogens is 240 g/mol.